The predicted octanol–water partition coefficient (Wildman–Crippen LogP) is 4.71. The van der Waals surface area contributed by atoms with Crippen LogP contribution in [-0.4, -0.2) is 56.8 Å². The molecule has 2 N–H and O–H groups in total. The monoisotopic (exact) mass is 559 g/mol. The largest absolute Gasteiger partial charge is 0.490 e. The lowest BCUT2D eigenvalue weighted by Crippen LogP contribution is -2.45. The van der Waals surface area contributed by atoms with Crippen LogP contribution in [0.15, 0.2) is 71.6 Å². The molecule has 1 saturated heterocycles. The van der Waals surface area contributed by atoms with Gasteiger partial charge in [0.2, 0.25) is 10.0 Å². The zero-order valence-corrected chi connectivity index (χ0v) is 22.3. The van der Waals surface area contributed by atoms with Gasteiger partial charge in [-0.3, -0.25) is 0 Å². The van der Waals surface area contributed by atoms with Gasteiger partial charge in [-0.05, 0) is 48.7 Å². The third-order valence-electron chi connectivity index (χ3n) is 6.21. The quantitative estimate of drug-likeness (QED) is 0.393. The zero-order chi connectivity index (χ0) is 26.4. The molecule has 1 unspecified atom stereocenters. The normalized spacial score (nSPS) is 15.7. The average Bonchev–Trinajstić information content (AvgIpc) is 2.91. The molecule has 0 bridgehead atoms. The minimum Gasteiger partial charge on any atom is -0.490 e. The van der Waals surface area contributed by atoms with E-state index in [1.807, 2.05) is 0 Å². The minimum absolute atomic E-state index is 0.0304. The SMILES string of the molecule is N#Cc1ccc(-c2ccccc2S(=O)(=O)NCC(O)CN2CCC(Oc3ccc(Cl)c(Cl)c3)CC2)cc1. The summed E-state index contributed by atoms with van der Waals surface area (Å²) in [6.07, 6.45) is 0.708. The van der Waals surface area contributed by atoms with Gasteiger partial charge in [-0.15, -0.1) is 0 Å². The fourth-order valence-corrected chi connectivity index (χ4v) is 5.85. The standard InChI is InChI=1S/C27H27Cl2N3O4S/c28-25-10-9-23(15-26(25)29)36-22-11-13-32(14-12-22)18-21(33)17-31-37(34,35)27-4-2-1-3-24(27)20-7-5-19(16-30)6-8-20/h1-10,15,21-22,31,33H,11-14,17-18H2. The van der Waals surface area contributed by atoms with Gasteiger partial charge in [0.25, 0.3) is 0 Å². The van der Waals surface area contributed by atoms with Crippen molar-refractivity contribution in [2.24, 2.45) is 0 Å². The molecule has 1 aliphatic heterocycles. The predicted molar refractivity (Wildman–Crippen MR) is 144 cm³/mol. The Morgan fingerprint density at radius 2 is 1.76 bits per heavy atom. The molecule has 0 aliphatic carbocycles. The van der Waals surface area contributed by atoms with Crippen LogP contribution < -0.4 is 9.46 Å². The topological polar surface area (TPSA) is 103 Å². The van der Waals surface area contributed by atoms with Gasteiger partial charge in [0, 0.05) is 37.8 Å². The number of piperidine rings is 1. The zero-order valence-electron chi connectivity index (χ0n) is 20.0. The molecule has 0 amide bonds. The fraction of sp³-hybridized carbons (Fsp3) is 0.296. The van der Waals surface area contributed by atoms with Gasteiger partial charge >= 0.3 is 0 Å². The number of nitriles is 1. The van der Waals surface area contributed by atoms with E-state index in [9.17, 15) is 13.5 Å². The molecule has 1 aliphatic rings. The first-order valence-corrected chi connectivity index (χ1v) is 14.1. The highest BCUT2D eigenvalue weighted by Gasteiger charge is 2.24. The number of nitrogens with one attached hydrogen (secondary N) is 1. The molecule has 10 heteroatoms. The lowest BCUT2D eigenvalue weighted by molar-refractivity contribution is 0.0630. The van der Waals surface area contributed by atoms with E-state index in [1.165, 1.54) is 6.07 Å². The Balaban J connectivity index is 1.29. The Morgan fingerprint density at radius 3 is 2.43 bits per heavy atom. The molecule has 4 rings (SSSR count). The average molecular weight is 561 g/mol. The number of nitrogens with zero attached hydrogens (tertiary/aromatic N) is 2. The maximum absolute atomic E-state index is 13.1. The van der Waals surface area contributed by atoms with Gasteiger partial charge in [-0.2, -0.15) is 5.26 Å². The summed E-state index contributed by atoms with van der Waals surface area (Å²) < 4.78 is 34.7. The highest BCUT2D eigenvalue weighted by molar-refractivity contribution is 7.89. The summed E-state index contributed by atoms with van der Waals surface area (Å²) in [5, 5.41) is 20.5. The van der Waals surface area contributed by atoms with Gasteiger partial charge < -0.3 is 14.7 Å². The van der Waals surface area contributed by atoms with E-state index in [-0.39, 0.29) is 17.5 Å². The van der Waals surface area contributed by atoms with Crippen LogP contribution in [0.25, 0.3) is 11.1 Å². The number of benzene rings is 3. The molecule has 194 valence electrons. The van der Waals surface area contributed by atoms with Crippen LogP contribution >= 0.6 is 23.2 Å². The van der Waals surface area contributed by atoms with Crippen molar-refractivity contribution in [2.45, 2.75) is 29.9 Å². The summed E-state index contributed by atoms with van der Waals surface area (Å²) in [6.45, 7) is 1.68. The van der Waals surface area contributed by atoms with E-state index < -0.39 is 16.1 Å². The number of likely N-dealkylation sites (tertiary alicyclic amines) is 1. The van der Waals surface area contributed by atoms with Crippen molar-refractivity contribution >= 4 is 33.2 Å². The molecular weight excluding hydrogens is 533 g/mol. The number of halogens is 2. The summed E-state index contributed by atoms with van der Waals surface area (Å²) in [4.78, 5) is 2.21. The molecule has 7 nitrogen and oxygen atoms in total. The molecule has 1 fully saturated rings. The Hall–Kier alpha value is -2.64. The van der Waals surface area contributed by atoms with E-state index in [0.717, 1.165) is 25.9 Å². The molecule has 1 atom stereocenters. The van der Waals surface area contributed by atoms with Gasteiger partial charge in [-0.25, -0.2) is 13.1 Å². The number of hydrogen-bond donors (Lipinski definition) is 2. The molecule has 0 radical (unpaired) electrons. The second-order valence-electron chi connectivity index (χ2n) is 8.88. The smallest absolute Gasteiger partial charge is 0.241 e. The second kappa shape index (κ2) is 12.3. The minimum atomic E-state index is -3.87. The maximum atomic E-state index is 13.1. The van der Waals surface area contributed by atoms with Gasteiger partial charge in [0.15, 0.2) is 0 Å². The van der Waals surface area contributed by atoms with Crippen molar-refractivity contribution in [3.63, 3.8) is 0 Å². The molecular formula is C27H27Cl2N3O4S. The Kier molecular flexibility index (Phi) is 9.08. The molecule has 0 spiro atoms. The lowest BCUT2D eigenvalue weighted by Gasteiger charge is -2.33. The van der Waals surface area contributed by atoms with Gasteiger partial charge in [-0.1, -0.05) is 53.5 Å². The van der Waals surface area contributed by atoms with E-state index >= 15 is 0 Å². The number of aliphatic hydroxyl groups excluding tert-OH is 1. The molecule has 0 saturated carbocycles. The van der Waals surface area contributed by atoms with E-state index in [4.69, 9.17) is 33.2 Å². The van der Waals surface area contributed by atoms with E-state index in [0.29, 0.717) is 39.0 Å². The van der Waals surface area contributed by atoms with Crippen LogP contribution in [0.4, 0.5) is 0 Å². The first-order chi connectivity index (χ1) is 17.7. The number of β-amino-alcohol motifs (C(OH)–C–C–N with tert-alkyl or cyclic N) is 1. The van der Waals surface area contributed by atoms with Gasteiger partial charge in [0.1, 0.15) is 11.9 Å². The molecule has 3 aromatic rings. The third kappa shape index (κ3) is 7.23. The summed E-state index contributed by atoms with van der Waals surface area (Å²) in [6, 6.07) is 20.6. The lowest BCUT2D eigenvalue weighted by atomic mass is 10.0. The third-order valence-corrected chi connectivity index (χ3v) is 8.43. The van der Waals surface area contributed by atoms with Crippen LogP contribution in [0.3, 0.4) is 0 Å². The fourth-order valence-electron chi connectivity index (χ4n) is 4.26. The van der Waals surface area contributed by atoms with E-state index in [1.54, 1.807) is 60.7 Å². The van der Waals surface area contributed by atoms with Crippen LogP contribution in [0.1, 0.15) is 18.4 Å². The first kappa shape index (κ1) is 27.4. The number of hydrogen-bond acceptors (Lipinski definition) is 6. The molecule has 3 aromatic carbocycles. The summed E-state index contributed by atoms with van der Waals surface area (Å²) >= 11 is 12.0. The summed E-state index contributed by atoms with van der Waals surface area (Å²) in [5.41, 5.74) is 1.71. The first-order valence-electron chi connectivity index (χ1n) is 11.9. The number of aliphatic hydroxyl groups is 1. The van der Waals surface area contributed by atoms with Crippen molar-refractivity contribution in [3.8, 4) is 22.9 Å². The Morgan fingerprint density at radius 1 is 1.05 bits per heavy atom. The van der Waals surface area contributed by atoms with Crippen molar-refractivity contribution in [1.29, 1.82) is 5.26 Å². The van der Waals surface area contributed by atoms with E-state index in [2.05, 4.69) is 15.7 Å². The Bertz CT molecular complexity index is 1370. The van der Waals surface area contributed by atoms with Gasteiger partial charge in [0.05, 0.1) is 32.7 Å². The van der Waals surface area contributed by atoms with Crippen molar-refractivity contribution < 1.29 is 18.3 Å². The highest BCUT2D eigenvalue weighted by Crippen LogP contribution is 2.29. The van der Waals surface area contributed by atoms with Crippen molar-refractivity contribution in [2.75, 3.05) is 26.2 Å². The van der Waals surface area contributed by atoms with Crippen LogP contribution in [0.5, 0.6) is 5.75 Å². The van der Waals surface area contributed by atoms with Crippen LogP contribution in [0, 0.1) is 11.3 Å². The molecule has 37 heavy (non-hydrogen) atoms. The van der Waals surface area contributed by atoms with Crippen LogP contribution in [-0.2, 0) is 10.0 Å². The number of ether oxygens (including phenoxy) is 1. The highest BCUT2D eigenvalue weighted by atomic mass is 35.5. The number of rotatable bonds is 9. The summed E-state index contributed by atoms with van der Waals surface area (Å²) in [7, 11) is -3.87. The second-order valence-corrected chi connectivity index (χ2v) is 11.4. The number of sulfonamides is 1. The van der Waals surface area contributed by atoms with Crippen LogP contribution in [0.2, 0.25) is 10.0 Å². The molecule has 0 aromatic heterocycles. The van der Waals surface area contributed by atoms with Crippen molar-refractivity contribution in [3.05, 3.63) is 82.3 Å². The van der Waals surface area contributed by atoms with Crippen molar-refractivity contribution in [1.82, 2.24) is 9.62 Å². The maximum Gasteiger partial charge on any atom is 0.241 e. The molecule has 1 heterocycles. The summed E-state index contributed by atoms with van der Waals surface area (Å²) in [5.74, 6) is 0.670. The Labute approximate surface area is 227 Å².